The lowest BCUT2D eigenvalue weighted by atomic mass is 9.85. The zero-order valence-corrected chi connectivity index (χ0v) is 28.9. The summed E-state index contributed by atoms with van der Waals surface area (Å²) in [6.45, 7) is 1.60. The molecule has 0 aliphatic carbocycles. The first-order valence-corrected chi connectivity index (χ1v) is 17.0. The number of carbonyl (C=O) groups is 2. The minimum Gasteiger partial charge on any atom is -0.505 e. The van der Waals surface area contributed by atoms with Crippen molar-refractivity contribution in [1.29, 1.82) is 0 Å². The molecule has 8 rings (SSSR count). The number of piperidine rings is 1. The maximum atomic E-state index is 14.5. The van der Waals surface area contributed by atoms with E-state index < -0.39 is 47.4 Å². The average Bonchev–Trinajstić information content (AvgIpc) is 3.90. The summed E-state index contributed by atoms with van der Waals surface area (Å²) >= 11 is 6.14. The van der Waals surface area contributed by atoms with Crippen LogP contribution in [0.1, 0.15) is 53.2 Å². The Hall–Kier alpha value is -6.14. The van der Waals surface area contributed by atoms with Crippen LogP contribution in [0.25, 0.3) is 28.6 Å². The molecular weight excluding hydrogens is 733 g/mol. The van der Waals surface area contributed by atoms with Gasteiger partial charge in [-0.25, -0.2) is 9.97 Å². The Morgan fingerprint density at radius 1 is 1.09 bits per heavy atom. The summed E-state index contributed by atoms with van der Waals surface area (Å²) in [7, 11) is 0. The second kappa shape index (κ2) is 13.1. The highest BCUT2D eigenvalue weighted by Gasteiger charge is 2.50. The van der Waals surface area contributed by atoms with Crippen molar-refractivity contribution in [3.05, 3.63) is 105 Å². The summed E-state index contributed by atoms with van der Waals surface area (Å²) in [5, 5.41) is 23.7. The molecule has 1 atom stereocenters. The molecular formula is C35H28ClF3N10O5. The molecule has 3 N–H and O–H groups in total. The Balaban J connectivity index is 1.18. The smallest absolute Gasteiger partial charge is 0.416 e. The number of amides is 2. The lowest BCUT2D eigenvalue weighted by Gasteiger charge is -2.39. The van der Waals surface area contributed by atoms with Crippen molar-refractivity contribution < 1.29 is 32.6 Å². The van der Waals surface area contributed by atoms with Crippen LogP contribution in [0.2, 0.25) is 5.02 Å². The van der Waals surface area contributed by atoms with Gasteiger partial charge in [0.2, 0.25) is 11.7 Å². The minimum atomic E-state index is -4.63. The predicted octanol–water partition coefficient (Wildman–Crippen LogP) is 4.98. The number of likely N-dealkylation sites (tertiary alicyclic amines) is 1. The number of hydrogen-bond donors (Lipinski definition) is 3. The molecule has 1 spiro atoms. The fourth-order valence-corrected chi connectivity index (χ4v) is 7.28. The number of alkyl halides is 3. The van der Waals surface area contributed by atoms with Crippen LogP contribution in [-0.2, 0) is 27.9 Å². The van der Waals surface area contributed by atoms with E-state index in [2.05, 4.69) is 35.6 Å². The number of fused-ring (bicyclic) bond motifs is 3. The molecule has 276 valence electrons. The number of H-pyrrole nitrogens is 1. The third kappa shape index (κ3) is 6.02. The lowest BCUT2D eigenvalue weighted by molar-refractivity contribution is -0.137. The van der Waals surface area contributed by atoms with E-state index in [1.165, 1.54) is 34.1 Å². The van der Waals surface area contributed by atoms with Crippen molar-refractivity contribution in [1.82, 2.24) is 44.2 Å². The van der Waals surface area contributed by atoms with Crippen LogP contribution in [0.5, 0.6) is 5.75 Å². The molecule has 0 radical (unpaired) electrons. The van der Waals surface area contributed by atoms with Gasteiger partial charge in [0.05, 0.1) is 33.6 Å². The first-order valence-electron chi connectivity index (χ1n) is 16.6. The number of nitrogens with one attached hydrogen (secondary N) is 2. The van der Waals surface area contributed by atoms with Crippen LogP contribution in [-0.4, -0.2) is 74.2 Å². The van der Waals surface area contributed by atoms with Gasteiger partial charge in [-0.15, -0.1) is 5.10 Å². The van der Waals surface area contributed by atoms with Crippen molar-refractivity contribution in [3.63, 3.8) is 0 Å². The number of carbonyl (C=O) groups excluding carboxylic acids is 2. The van der Waals surface area contributed by atoms with Gasteiger partial charge < -0.3 is 24.6 Å². The van der Waals surface area contributed by atoms with Crippen molar-refractivity contribution in [2.24, 2.45) is 0 Å². The van der Waals surface area contributed by atoms with E-state index in [0.717, 1.165) is 28.3 Å². The molecule has 2 aliphatic heterocycles. The Morgan fingerprint density at radius 2 is 1.83 bits per heavy atom. The summed E-state index contributed by atoms with van der Waals surface area (Å²) < 4.78 is 49.0. The Labute approximate surface area is 307 Å². The van der Waals surface area contributed by atoms with E-state index in [9.17, 15) is 32.7 Å². The highest BCUT2D eigenvalue weighted by Crippen LogP contribution is 2.48. The van der Waals surface area contributed by atoms with Gasteiger partial charge in [0, 0.05) is 30.4 Å². The second-order valence-corrected chi connectivity index (χ2v) is 13.3. The number of ether oxygens (including phenoxy) is 1. The summed E-state index contributed by atoms with van der Waals surface area (Å²) in [5.41, 5.74) is -0.914. The van der Waals surface area contributed by atoms with Gasteiger partial charge >= 0.3 is 6.18 Å². The van der Waals surface area contributed by atoms with Gasteiger partial charge in [-0.1, -0.05) is 35.9 Å². The van der Waals surface area contributed by atoms with Gasteiger partial charge in [-0.2, -0.15) is 27.8 Å². The van der Waals surface area contributed by atoms with Gasteiger partial charge in [0.15, 0.2) is 17.3 Å². The Bertz CT molecular complexity index is 2490. The van der Waals surface area contributed by atoms with Crippen molar-refractivity contribution in [3.8, 4) is 28.5 Å². The van der Waals surface area contributed by atoms with Crippen LogP contribution < -0.4 is 10.9 Å². The number of benzene rings is 2. The minimum absolute atomic E-state index is 0.0208. The number of anilines is 1. The summed E-state index contributed by atoms with van der Waals surface area (Å²) in [6.07, 6.45) is -2.18. The molecule has 6 aromatic rings. The number of aromatic amines is 1. The first-order chi connectivity index (χ1) is 25.8. The zero-order valence-electron chi connectivity index (χ0n) is 28.1. The molecule has 2 aromatic carbocycles. The van der Waals surface area contributed by atoms with E-state index in [1.54, 1.807) is 31.2 Å². The number of aromatic nitrogens is 8. The van der Waals surface area contributed by atoms with E-state index in [1.807, 2.05) is 0 Å². The van der Waals surface area contributed by atoms with E-state index in [4.69, 9.17) is 16.3 Å². The fourth-order valence-electron chi connectivity index (χ4n) is 7.05. The zero-order chi connectivity index (χ0) is 37.9. The van der Waals surface area contributed by atoms with Crippen molar-refractivity contribution in [2.75, 3.05) is 18.4 Å². The molecule has 0 saturated carbocycles. The van der Waals surface area contributed by atoms with Crippen LogP contribution >= 0.6 is 11.6 Å². The molecule has 2 aliphatic rings. The lowest BCUT2D eigenvalue weighted by Crippen LogP contribution is -2.47. The largest absolute Gasteiger partial charge is 0.505 e. The van der Waals surface area contributed by atoms with E-state index >= 15 is 0 Å². The molecule has 1 fully saturated rings. The highest BCUT2D eigenvalue weighted by atomic mass is 35.5. The third-order valence-corrected chi connectivity index (χ3v) is 9.89. The van der Waals surface area contributed by atoms with E-state index in [0.29, 0.717) is 17.1 Å². The summed E-state index contributed by atoms with van der Waals surface area (Å²) in [5.74, 6) is -0.659. The molecule has 0 unspecified atom stereocenters. The van der Waals surface area contributed by atoms with Gasteiger partial charge in [-0.3, -0.25) is 19.5 Å². The number of aromatic hydroxyl groups is 1. The van der Waals surface area contributed by atoms with Crippen molar-refractivity contribution in [2.45, 2.75) is 44.2 Å². The molecule has 54 heavy (non-hydrogen) atoms. The van der Waals surface area contributed by atoms with Crippen LogP contribution in [0, 0.1) is 0 Å². The van der Waals surface area contributed by atoms with Crippen molar-refractivity contribution >= 4 is 34.9 Å². The monoisotopic (exact) mass is 760 g/mol. The average molecular weight is 761 g/mol. The number of pyridine rings is 1. The fraction of sp³-hybridized carbons (Fsp3) is 0.257. The molecule has 6 heterocycles. The predicted molar refractivity (Wildman–Crippen MR) is 185 cm³/mol. The van der Waals surface area contributed by atoms with Gasteiger partial charge in [0.1, 0.15) is 24.2 Å². The second-order valence-electron chi connectivity index (χ2n) is 12.9. The maximum absolute atomic E-state index is 14.5. The molecule has 15 nitrogen and oxygen atoms in total. The number of halogens is 4. The van der Waals surface area contributed by atoms with E-state index in [-0.39, 0.29) is 65.3 Å². The van der Waals surface area contributed by atoms with Crippen LogP contribution in [0.15, 0.2) is 71.9 Å². The first kappa shape index (κ1) is 34.9. The van der Waals surface area contributed by atoms with Crippen LogP contribution in [0.3, 0.4) is 0 Å². The van der Waals surface area contributed by atoms with Gasteiger partial charge in [0.25, 0.3) is 11.5 Å². The normalized spacial score (nSPS) is 16.5. The summed E-state index contributed by atoms with van der Waals surface area (Å²) in [4.78, 5) is 55.8. The number of rotatable bonds is 6. The molecule has 0 bridgehead atoms. The molecule has 1 saturated heterocycles. The number of hydrogen-bond acceptors (Lipinski definition) is 10. The van der Waals surface area contributed by atoms with Crippen LogP contribution in [0.4, 0.5) is 18.9 Å². The standard InChI is InChI=1S/C35H28ClF3N10O5/c1-18-28-26(34(54-18)10-13-47(14-11-34)32(53)27-24(50)3-2-12-40-27)31(52)49-33(44-30(46-49)20-6-4-19(5-7-20)29-41-17-42-45-29)48(28)16-25(51)43-23-9-8-21(15-22(23)36)35(37,38)39/h2-9,12,15,17-18,50H,10-11,13-14,16H2,1H3,(H,43,51)(H,41,42,45)/t18-/m1/s1. The topological polar surface area (TPSA) is 186 Å². The summed E-state index contributed by atoms with van der Waals surface area (Å²) in [6, 6.07) is 12.5. The van der Waals surface area contributed by atoms with Gasteiger partial charge in [-0.05, 0) is 50.1 Å². The number of nitrogens with zero attached hydrogens (tertiary/aromatic N) is 8. The Morgan fingerprint density at radius 3 is 2.50 bits per heavy atom. The maximum Gasteiger partial charge on any atom is 0.416 e. The molecule has 4 aromatic heterocycles. The Kier molecular flexibility index (Phi) is 8.45. The molecule has 2 amide bonds. The highest BCUT2D eigenvalue weighted by molar-refractivity contribution is 6.33. The third-order valence-electron chi connectivity index (χ3n) is 9.58. The SMILES string of the molecule is C[C@H]1OC2(CCN(C(=O)c3ncccc3O)CC2)c2c1n(CC(=O)Nc1ccc(C(F)(F)F)cc1Cl)c1nc(-c3ccc(-c4ncn[nH]4)cc3)nn1c2=O. The molecule has 19 heteroatoms. The quantitative estimate of drug-likeness (QED) is 0.209.